The molecule has 0 atom stereocenters. The summed E-state index contributed by atoms with van der Waals surface area (Å²) in [5.74, 6) is 1.31. The number of methoxy groups -OCH3 is 1. The highest BCUT2D eigenvalue weighted by atomic mass is 16.5. The summed E-state index contributed by atoms with van der Waals surface area (Å²) in [5.41, 5.74) is 4.67. The van der Waals surface area contributed by atoms with Crippen LogP contribution in [0.5, 0.6) is 11.5 Å². The largest absolute Gasteiger partial charge is 0.493 e. The quantitative estimate of drug-likeness (QED) is 0.262. The van der Waals surface area contributed by atoms with E-state index in [2.05, 4.69) is 37.3 Å². The molecule has 3 heteroatoms. The van der Waals surface area contributed by atoms with Crippen LogP contribution >= 0.6 is 0 Å². The first-order valence-corrected chi connectivity index (χ1v) is 10.1. The average Bonchev–Trinajstić information content (AvgIpc) is 2.81. The summed E-state index contributed by atoms with van der Waals surface area (Å²) in [6, 6.07) is 30.5. The monoisotopic (exact) mass is 405 g/mol. The molecule has 0 aromatic heterocycles. The zero-order valence-corrected chi connectivity index (χ0v) is 17.6. The maximum atomic E-state index is 9.75. The SMILES string of the molecule is COc1cc(/C=C(/C#N)c2ccc3ccccc3c2)ccc1OCc1cccc(C)c1. The van der Waals surface area contributed by atoms with Crippen LogP contribution in [-0.4, -0.2) is 7.11 Å². The van der Waals surface area contributed by atoms with E-state index in [4.69, 9.17) is 9.47 Å². The van der Waals surface area contributed by atoms with Crippen molar-refractivity contribution < 1.29 is 9.47 Å². The second-order valence-electron chi connectivity index (χ2n) is 7.42. The Balaban J connectivity index is 1.59. The zero-order chi connectivity index (χ0) is 21.6. The van der Waals surface area contributed by atoms with Crippen molar-refractivity contribution >= 4 is 22.4 Å². The van der Waals surface area contributed by atoms with Crippen LogP contribution in [0.4, 0.5) is 0 Å². The average molecular weight is 405 g/mol. The van der Waals surface area contributed by atoms with E-state index in [0.717, 1.165) is 27.5 Å². The van der Waals surface area contributed by atoms with Gasteiger partial charge in [-0.25, -0.2) is 0 Å². The van der Waals surface area contributed by atoms with Gasteiger partial charge in [-0.15, -0.1) is 0 Å². The molecule has 0 aliphatic carbocycles. The third kappa shape index (κ3) is 4.76. The molecule has 0 spiro atoms. The maximum Gasteiger partial charge on any atom is 0.161 e. The number of ether oxygens (including phenoxy) is 2. The Kier molecular flexibility index (Phi) is 6.01. The van der Waals surface area contributed by atoms with Crippen molar-refractivity contribution in [2.24, 2.45) is 0 Å². The van der Waals surface area contributed by atoms with Crippen molar-refractivity contribution in [2.75, 3.05) is 7.11 Å². The van der Waals surface area contributed by atoms with E-state index in [-0.39, 0.29) is 0 Å². The Hall–Kier alpha value is -4.03. The van der Waals surface area contributed by atoms with Crippen molar-refractivity contribution in [3.05, 3.63) is 107 Å². The topological polar surface area (TPSA) is 42.2 Å². The zero-order valence-electron chi connectivity index (χ0n) is 17.6. The summed E-state index contributed by atoms with van der Waals surface area (Å²) in [5, 5.41) is 12.0. The maximum absolute atomic E-state index is 9.75. The van der Waals surface area contributed by atoms with Gasteiger partial charge in [-0.3, -0.25) is 0 Å². The first kappa shape index (κ1) is 20.3. The lowest BCUT2D eigenvalue weighted by Gasteiger charge is -2.12. The van der Waals surface area contributed by atoms with Crippen molar-refractivity contribution in [3.63, 3.8) is 0 Å². The Labute approximate surface area is 182 Å². The normalized spacial score (nSPS) is 11.2. The van der Waals surface area contributed by atoms with Crippen LogP contribution in [0.2, 0.25) is 0 Å². The lowest BCUT2D eigenvalue weighted by Crippen LogP contribution is -1.98. The Morgan fingerprint density at radius 1 is 0.871 bits per heavy atom. The molecule has 3 nitrogen and oxygen atoms in total. The highest BCUT2D eigenvalue weighted by Crippen LogP contribution is 2.31. The van der Waals surface area contributed by atoms with Crippen LogP contribution in [-0.2, 0) is 6.61 Å². The Bertz CT molecular complexity index is 1300. The number of nitrogens with zero attached hydrogens (tertiary/aromatic N) is 1. The first-order valence-electron chi connectivity index (χ1n) is 10.1. The predicted octanol–water partition coefficient (Wildman–Crippen LogP) is 6.80. The molecule has 0 saturated carbocycles. The molecule has 0 aliphatic rings. The number of aryl methyl sites for hydroxylation is 1. The fraction of sp³-hybridized carbons (Fsp3) is 0.107. The molecule has 0 N–H and O–H groups in total. The predicted molar refractivity (Wildman–Crippen MR) is 126 cm³/mol. The van der Waals surface area contributed by atoms with Crippen LogP contribution in [0.1, 0.15) is 22.3 Å². The number of nitriles is 1. The standard InChI is InChI=1S/C28H23NO2/c1-20-6-5-7-22(14-20)19-31-27-13-10-21(16-28(27)30-2)15-26(18-29)25-12-11-23-8-3-4-9-24(23)17-25/h3-17H,19H2,1-2H3/b26-15-. The van der Waals surface area contributed by atoms with Crippen molar-refractivity contribution in [1.29, 1.82) is 5.26 Å². The molecule has 0 saturated heterocycles. The summed E-state index contributed by atoms with van der Waals surface area (Å²) in [6.07, 6.45) is 1.87. The van der Waals surface area contributed by atoms with Crippen LogP contribution in [0.15, 0.2) is 84.9 Å². The molecular formula is C28H23NO2. The molecule has 0 aliphatic heterocycles. The number of rotatable bonds is 6. The molecule has 31 heavy (non-hydrogen) atoms. The van der Waals surface area contributed by atoms with Crippen LogP contribution in [0.25, 0.3) is 22.4 Å². The third-order valence-corrected chi connectivity index (χ3v) is 5.16. The summed E-state index contributed by atoms with van der Waals surface area (Å²) < 4.78 is 11.5. The molecule has 0 bridgehead atoms. The van der Waals surface area contributed by atoms with Gasteiger partial charge in [0, 0.05) is 0 Å². The smallest absolute Gasteiger partial charge is 0.161 e. The second-order valence-corrected chi connectivity index (χ2v) is 7.42. The minimum Gasteiger partial charge on any atom is -0.493 e. The third-order valence-electron chi connectivity index (χ3n) is 5.16. The van der Waals surface area contributed by atoms with E-state index < -0.39 is 0 Å². The van der Waals surface area contributed by atoms with Gasteiger partial charge in [0.05, 0.1) is 18.8 Å². The number of fused-ring (bicyclic) bond motifs is 1. The van der Waals surface area contributed by atoms with Gasteiger partial charge in [0.15, 0.2) is 11.5 Å². The molecule has 4 aromatic carbocycles. The molecule has 0 radical (unpaired) electrons. The minimum atomic E-state index is 0.466. The molecular weight excluding hydrogens is 382 g/mol. The van der Waals surface area contributed by atoms with Crippen molar-refractivity contribution in [2.45, 2.75) is 13.5 Å². The Morgan fingerprint density at radius 3 is 2.48 bits per heavy atom. The number of hydrogen-bond acceptors (Lipinski definition) is 3. The van der Waals surface area contributed by atoms with Gasteiger partial charge < -0.3 is 9.47 Å². The number of benzene rings is 4. The van der Waals surface area contributed by atoms with Crippen molar-refractivity contribution in [1.82, 2.24) is 0 Å². The van der Waals surface area contributed by atoms with E-state index in [1.165, 1.54) is 5.56 Å². The number of hydrogen-bond donors (Lipinski definition) is 0. The molecule has 0 heterocycles. The van der Waals surface area contributed by atoms with E-state index in [1.54, 1.807) is 7.11 Å². The fourth-order valence-corrected chi connectivity index (χ4v) is 3.56. The van der Waals surface area contributed by atoms with E-state index in [0.29, 0.717) is 23.7 Å². The molecule has 4 aromatic rings. The summed E-state index contributed by atoms with van der Waals surface area (Å²) in [6.45, 7) is 2.53. The fourth-order valence-electron chi connectivity index (χ4n) is 3.56. The lowest BCUT2D eigenvalue weighted by molar-refractivity contribution is 0.284. The minimum absolute atomic E-state index is 0.466. The second kappa shape index (κ2) is 9.19. The van der Waals surface area contributed by atoms with Gasteiger partial charge in [-0.05, 0) is 58.7 Å². The Morgan fingerprint density at radius 2 is 1.71 bits per heavy atom. The molecule has 152 valence electrons. The first-order chi connectivity index (χ1) is 15.2. The molecule has 4 rings (SSSR count). The van der Waals surface area contributed by atoms with Crippen LogP contribution < -0.4 is 9.47 Å². The molecule has 0 amide bonds. The highest BCUT2D eigenvalue weighted by Gasteiger charge is 2.08. The van der Waals surface area contributed by atoms with Crippen LogP contribution in [0.3, 0.4) is 0 Å². The van der Waals surface area contributed by atoms with E-state index in [1.807, 2.05) is 66.7 Å². The van der Waals surface area contributed by atoms with Gasteiger partial charge in [0.2, 0.25) is 0 Å². The summed E-state index contributed by atoms with van der Waals surface area (Å²) in [7, 11) is 1.62. The summed E-state index contributed by atoms with van der Waals surface area (Å²) in [4.78, 5) is 0. The lowest BCUT2D eigenvalue weighted by atomic mass is 10.00. The highest BCUT2D eigenvalue weighted by molar-refractivity contribution is 5.94. The van der Waals surface area contributed by atoms with Gasteiger partial charge >= 0.3 is 0 Å². The van der Waals surface area contributed by atoms with Gasteiger partial charge in [-0.2, -0.15) is 5.26 Å². The van der Waals surface area contributed by atoms with Gasteiger partial charge in [-0.1, -0.05) is 72.3 Å². The molecule has 0 fully saturated rings. The van der Waals surface area contributed by atoms with Gasteiger partial charge in [0.25, 0.3) is 0 Å². The van der Waals surface area contributed by atoms with Crippen LogP contribution in [0, 0.1) is 18.3 Å². The summed E-state index contributed by atoms with van der Waals surface area (Å²) >= 11 is 0. The number of allylic oxidation sites excluding steroid dienone is 1. The van der Waals surface area contributed by atoms with E-state index >= 15 is 0 Å². The van der Waals surface area contributed by atoms with E-state index in [9.17, 15) is 5.26 Å². The molecule has 0 unspecified atom stereocenters. The van der Waals surface area contributed by atoms with Crippen molar-refractivity contribution in [3.8, 4) is 17.6 Å². The van der Waals surface area contributed by atoms with Gasteiger partial charge in [0.1, 0.15) is 6.61 Å².